The van der Waals surface area contributed by atoms with Crippen molar-refractivity contribution in [3.63, 3.8) is 0 Å². The fourth-order valence-corrected chi connectivity index (χ4v) is 3.91. The highest BCUT2D eigenvalue weighted by Gasteiger charge is 2.30. The van der Waals surface area contributed by atoms with E-state index in [1.54, 1.807) is 30.3 Å². The number of carbonyl (C=O) groups excluding carboxylic acids is 1. The van der Waals surface area contributed by atoms with Crippen molar-refractivity contribution >= 4 is 34.7 Å². The molecule has 192 valence electrons. The zero-order valence-electron chi connectivity index (χ0n) is 19.1. The number of nitro groups is 1. The summed E-state index contributed by atoms with van der Waals surface area (Å²) in [6.07, 6.45) is 2.69. The van der Waals surface area contributed by atoms with Gasteiger partial charge in [0.1, 0.15) is 5.69 Å². The average molecular weight is 518 g/mol. The second-order valence-electron chi connectivity index (χ2n) is 8.11. The molecule has 1 heterocycles. The molecule has 1 saturated heterocycles. The van der Waals surface area contributed by atoms with Crippen LogP contribution in [0.4, 0.5) is 44.7 Å². The van der Waals surface area contributed by atoms with Crippen molar-refractivity contribution in [2.45, 2.75) is 0 Å². The SMILES string of the molecule is O=C(/C=C/c1cccc([N+](=O)[O-])c1)Nc1ccc(N2CCN(c3c(F)c(F)c(F)c(F)c3F)CC2)cc1. The van der Waals surface area contributed by atoms with E-state index in [9.17, 15) is 36.9 Å². The van der Waals surface area contributed by atoms with Crippen LogP contribution in [0.5, 0.6) is 0 Å². The van der Waals surface area contributed by atoms with E-state index in [1.165, 1.54) is 30.4 Å². The lowest BCUT2D eigenvalue weighted by Gasteiger charge is -2.37. The van der Waals surface area contributed by atoms with E-state index >= 15 is 0 Å². The summed E-state index contributed by atoms with van der Waals surface area (Å²) in [7, 11) is 0. The van der Waals surface area contributed by atoms with Crippen molar-refractivity contribution in [2.75, 3.05) is 41.3 Å². The molecule has 37 heavy (non-hydrogen) atoms. The maximum absolute atomic E-state index is 14.1. The highest BCUT2D eigenvalue weighted by atomic mass is 19.2. The number of nitrogens with one attached hydrogen (secondary N) is 1. The summed E-state index contributed by atoms with van der Waals surface area (Å²) in [5, 5.41) is 13.5. The fraction of sp³-hybridized carbons (Fsp3) is 0.160. The Kier molecular flexibility index (Phi) is 7.37. The molecule has 3 aromatic rings. The molecular formula is C25H19F5N4O3. The zero-order valence-corrected chi connectivity index (χ0v) is 19.1. The van der Waals surface area contributed by atoms with Gasteiger partial charge in [-0.15, -0.1) is 0 Å². The molecule has 4 rings (SSSR count). The number of piperazine rings is 1. The molecule has 0 unspecified atom stereocenters. The summed E-state index contributed by atoms with van der Waals surface area (Å²) in [5.41, 5.74) is 0.683. The minimum Gasteiger partial charge on any atom is -0.368 e. The van der Waals surface area contributed by atoms with Gasteiger partial charge in [-0.3, -0.25) is 14.9 Å². The number of halogens is 5. The predicted octanol–water partition coefficient (Wildman–Crippen LogP) is 5.27. The molecule has 0 aliphatic carbocycles. The molecule has 3 aromatic carbocycles. The third-order valence-corrected chi connectivity index (χ3v) is 5.79. The molecule has 12 heteroatoms. The average Bonchev–Trinajstić information content (AvgIpc) is 2.91. The smallest absolute Gasteiger partial charge is 0.270 e. The zero-order chi connectivity index (χ0) is 26.7. The first kappa shape index (κ1) is 25.6. The van der Waals surface area contributed by atoms with Gasteiger partial charge in [0.05, 0.1) is 4.92 Å². The highest BCUT2D eigenvalue weighted by molar-refractivity contribution is 6.02. The van der Waals surface area contributed by atoms with Crippen LogP contribution in [0.1, 0.15) is 5.56 Å². The molecular weight excluding hydrogens is 499 g/mol. The van der Waals surface area contributed by atoms with E-state index in [4.69, 9.17) is 0 Å². The molecule has 0 spiro atoms. The predicted molar refractivity (Wildman–Crippen MR) is 128 cm³/mol. The van der Waals surface area contributed by atoms with Crippen molar-refractivity contribution in [3.05, 3.63) is 99.4 Å². The summed E-state index contributed by atoms with van der Waals surface area (Å²) in [5.74, 6) is -10.3. The normalized spacial score (nSPS) is 13.8. The Morgan fingerprint density at radius 1 is 0.838 bits per heavy atom. The molecule has 0 radical (unpaired) electrons. The Morgan fingerprint density at radius 2 is 1.41 bits per heavy atom. The van der Waals surface area contributed by atoms with Gasteiger partial charge in [0.15, 0.2) is 23.3 Å². The number of nitrogens with zero attached hydrogens (tertiary/aromatic N) is 3. The summed E-state index contributed by atoms with van der Waals surface area (Å²) in [6, 6.07) is 12.5. The number of anilines is 3. The largest absolute Gasteiger partial charge is 0.368 e. The first-order chi connectivity index (χ1) is 17.7. The van der Waals surface area contributed by atoms with E-state index in [0.717, 1.165) is 10.6 Å². The lowest BCUT2D eigenvalue weighted by Crippen LogP contribution is -2.47. The Labute approximate surface area is 207 Å². The van der Waals surface area contributed by atoms with Crippen LogP contribution in [-0.4, -0.2) is 37.0 Å². The number of amides is 1. The first-order valence-electron chi connectivity index (χ1n) is 11.0. The standard InChI is InChI=1S/C25H19F5N4O3/c26-20-21(27)23(29)25(24(30)22(20)28)33-12-10-32(11-13-33)17-7-5-16(6-8-17)31-19(35)9-4-15-2-1-3-18(14-15)34(36)37/h1-9,14H,10-13H2,(H,31,35)/b9-4+. The topological polar surface area (TPSA) is 78.7 Å². The Bertz CT molecular complexity index is 1340. The van der Waals surface area contributed by atoms with E-state index in [-0.39, 0.29) is 31.9 Å². The fourth-order valence-electron chi connectivity index (χ4n) is 3.91. The Morgan fingerprint density at radius 3 is 2.00 bits per heavy atom. The van der Waals surface area contributed by atoms with Gasteiger partial charge < -0.3 is 15.1 Å². The van der Waals surface area contributed by atoms with Crippen molar-refractivity contribution in [2.24, 2.45) is 0 Å². The summed E-state index contributed by atoms with van der Waals surface area (Å²) >= 11 is 0. The molecule has 7 nitrogen and oxygen atoms in total. The van der Waals surface area contributed by atoms with Crippen LogP contribution < -0.4 is 15.1 Å². The van der Waals surface area contributed by atoms with E-state index in [2.05, 4.69) is 5.32 Å². The molecule has 1 aliphatic heterocycles. The monoisotopic (exact) mass is 518 g/mol. The van der Waals surface area contributed by atoms with Gasteiger partial charge in [0.2, 0.25) is 11.7 Å². The van der Waals surface area contributed by atoms with Crippen LogP contribution in [0.3, 0.4) is 0 Å². The van der Waals surface area contributed by atoms with E-state index in [1.807, 2.05) is 4.90 Å². The minimum absolute atomic E-state index is 0.0271. The van der Waals surface area contributed by atoms with Gasteiger partial charge in [-0.25, -0.2) is 22.0 Å². The quantitative estimate of drug-likeness (QED) is 0.120. The van der Waals surface area contributed by atoms with Crippen LogP contribution in [0.15, 0.2) is 54.6 Å². The minimum atomic E-state index is -2.19. The molecule has 0 saturated carbocycles. The maximum atomic E-state index is 14.1. The molecule has 0 atom stereocenters. The number of hydrogen-bond donors (Lipinski definition) is 1. The number of carbonyl (C=O) groups is 1. The lowest BCUT2D eigenvalue weighted by molar-refractivity contribution is -0.384. The van der Waals surface area contributed by atoms with Gasteiger partial charge in [0, 0.05) is 55.8 Å². The van der Waals surface area contributed by atoms with Gasteiger partial charge in [0.25, 0.3) is 5.69 Å². The summed E-state index contributed by atoms with van der Waals surface area (Å²) in [6.45, 7) is 0.576. The summed E-state index contributed by atoms with van der Waals surface area (Å²) in [4.78, 5) is 25.5. The molecule has 0 aromatic heterocycles. The number of benzene rings is 3. The van der Waals surface area contributed by atoms with Crippen molar-refractivity contribution in [1.29, 1.82) is 0 Å². The van der Waals surface area contributed by atoms with Crippen molar-refractivity contribution < 1.29 is 31.7 Å². The second-order valence-corrected chi connectivity index (χ2v) is 8.11. The van der Waals surface area contributed by atoms with Crippen LogP contribution in [-0.2, 0) is 4.79 Å². The summed E-state index contributed by atoms with van der Waals surface area (Å²) < 4.78 is 68.6. The van der Waals surface area contributed by atoms with Crippen LogP contribution in [0.25, 0.3) is 6.08 Å². The van der Waals surface area contributed by atoms with Crippen molar-refractivity contribution in [1.82, 2.24) is 0 Å². The van der Waals surface area contributed by atoms with Crippen LogP contribution >= 0.6 is 0 Å². The van der Waals surface area contributed by atoms with Crippen molar-refractivity contribution in [3.8, 4) is 0 Å². The first-order valence-corrected chi connectivity index (χ1v) is 11.0. The van der Waals surface area contributed by atoms with Gasteiger partial charge >= 0.3 is 0 Å². The van der Waals surface area contributed by atoms with Crippen LogP contribution in [0.2, 0.25) is 0 Å². The van der Waals surface area contributed by atoms with E-state index in [0.29, 0.717) is 11.3 Å². The third-order valence-electron chi connectivity index (χ3n) is 5.79. The van der Waals surface area contributed by atoms with Gasteiger partial charge in [-0.05, 0) is 35.9 Å². The number of nitro benzene ring substituents is 1. The third kappa shape index (κ3) is 5.52. The van der Waals surface area contributed by atoms with E-state index < -0.39 is 45.6 Å². The number of rotatable bonds is 6. The molecule has 1 N–H and O–H groups in total. The Balaban J connectivity index is 1.36. The molecule has 1 aliphatic rings. The van der Waals surface area contributed by atoms with Crippen LogP contribution in [0, 0.1) is 39.2 Å². The molecule has 0 bridgehead atoms. The molecule has 1 fully saturated rings. The lowest BCUT2D eigenvalue weighted by atomic mass is 10.2. The number of non-ortho nitro benzene ring substituents is 1. The number of hydrogen-bond acceptors (Lipinski definition) is 5. The highest BCUT2D eigenvalue weighted by Crippen LogP contribution is 2.31. The maximum Gasteiger partial charge on any atom is 0.270 e. The second kappa shape index (κ2) is 10.6. The van der Waals surface area contributed by atoms with Gasteiger partial charge in [-0.1, -0.05) is 12.1 Å². The van der Waals surface area contributed by atoms with Gasteiger partial charge in [-0.2, -0.15) is 0 Å². The molecule has 1 amide bonds. The Hall–Kier alpha value is -4.48.